The van der Waals surface area contributed by atoms with Crippen molar-refractivity contribution in [2.45, 2.75) is 46.2 Å². The molecule has 0 aliphatic rings. The first kappa shape index (κ1) is 16.9. The average molecular weight is 254 g/mol. The highest BCUT2D eigenvalue weighted by atomic mass is 16.5. The van der Waals surface area contributed by atoms with E-state index in [0.29, 0.717) is 0 Å². The lowest BCUT2D eigenvalue weighted by molar-refractivity contribution is -0.186. The van der Waals surface area contributed by atoms with Crippen molar-refractivity contribution in [3.63, 3.8) is 0 Å². The van der Waals surface area contributed by atoms with Gasteiger partial charge in [0.15, 0.2) is 0 Å². The van der Waals surface area contributed by atoms with E-state index < -0.39 is 0 Å². The summed E-state index contributed by atoms with van der Waals surface area (Å²) in [4.78, 5) is 10.5. The van der Waals surface area contributed by atoms with Crippen LogP contribution in [0.15, 0.2) is 23.9 Å². The number of rotatable bonds is 6. The highest BCUT2D eigenvalue weighted by Gasteiger charge is 2.31. The summed E-state index contributed by atoms with van der Waals surface area (Å²) in [5.41, 5.74) is 0.508. The number of hydrogen-bond acceptors (Lipinski definition) is 4. The van der Waals surface area contributed by atoms with Crippen LogP contribution in [0.3, 0.4) is 0 Å². The minimum absolute atomic E-state index is 0.173. The SMILES string of the molecule is CN/C=C(\C=C/C=O)C(C(C)C)N(O)C(C)(C)C. The van der Waals surface area contributed by atoms with Gasteiger partial charge in [0.05, 0.1) is 6.04 Å². The fourth-order valence-electron chi connectivity index (χ4n) is 1.77. The predicted octanol–water partition coefficient (Wildman–Crippen LogP) is 2.36. The van der Waals surface area contributed by atoms with E-state index in [2.05, 4.69) is 5.32 Å². The molecular weight excluding hydrogens is 228 g/mol. The lowest BCUT2D eigenvalue weighted by Gasteiger charge is -2.39. The molecule has 0 aromatic heterocycles. The van der Waals surface area contributed by atoms with Crippen LogP contribution in [-0.4, -0.2) is 35.2 Å². The van der Waals surface area contributed by atoms with Crippen molar-refractivity contribution in [3.05, 3.63) is 23.9 Å². The molecule has 1 atom stereocenters. The molecule has 0 amide bonds. The van der Waals surface area contributed by atoms with Crippen LogP contribution in [0, 0.1) is 5.92 Å². The molecule has 0 rings (SSSR count). The molecule has 4 nitrogen and oxygen atoms in total. The van der Waals surface area contributed by atoms with Gasteiger partial charge in [-0.05, 0) is 38.3 Å². The van der Waals surface area contributed by atoms with Gasteiger partial charge in [-0.3, -0.25) is 4.79 Å². The van der Waals surface area contributed by atoms with Crippen molar-refractivity contribution < 1.29 is 10.0 Å². The molecule has 0 heterocycles. The Bertz CT molecular complexity index is 314. The number of allylic oxidation sites excluding steroid dienone is 1. The number of carbonyl (C=O) groups is 1. The molecule has 0 saturated heterocycles. The second kappa shape index (κ2) is 7.34. The fourth-order valence-corrected chi connectivity index (χ4v) is 1.77. The Morgan fingerprint density at radius 3 is 2.22 bits per heavy atom. The maximum absolute atomic E-state index is 10.5. The summed E-state index contributed by atoms with van der Waals surface area (Å²) in [5.74, 6) is 0.213. The van der Waals surface area contributed by atoms with Crippen LogP contribution in [-0.2, 0) is 4.79 Å². The fraction of sp³-hybridized carbons (Fsp3) is 0.643. The summed E-state index contributed by atoms with van der Waals surface area (Å²) in [7, 11) is 1.80. The average Bonchev–Trinajstić information content (AvgIpc) is 2.24. The molecule has 0 bridgehead atoms. The van der Waals surface area contributed by atoms with Gasteiger partial charge in [0.2, 0.25) is 0 Å². The van der Waals surface area contributed by atoms with Crippen LogP contribution in [0.4, 0.5) is 0 Å². The van der Waals surface area contributed by atoms with E-state index in [1.54, 1.807) is 19.3 Å². The molecule has 0 aromatic carbocycles. The van der Waals surface area contributed by atoms with Gasteiger partial charge in [0.1, 0.15) is 6.29 Å². The topological polar surface area (TPSA) is 52.6 Å². The van der Waals surface area contributed by atoms with Crippen LogP contribution in [0.5, 0.6) is 0 Å². The van der Waals surface area contributed by atoms with Crippen LogP contribution < -0.4 is 5.32 Å². The number of hydroxylamine groups is 2. The van der Waals surface area contributed by atoms with Gasteiger partial charge in [-0.15, -0.1) is 0 Å². The third-order valence-corrected chi connectivity index (χ3v) is 2.60. The van der Waals surface area contributed by atoms with Crippen molar-refractivity contribution in [2.24, 2.45) is 5.92 Å². The standard InChI is InChI=1S/C14H26N2O2/c1-11(2)13(16(18)14(3,4)5)12(10-15-6)8-7-9-17/h7-11,13,15,18H,1-6H3/b8-7-,12-10+. The zero-order valence-corrected chi connectivity index (χ0v) is 12.3. The molecule has 1 unspecified atom stereocenters. The van der Waals surface area contributed by atoms with E-state index in [1.165, 1.54) is 11.1 Å². The molecule has 0 radical (unpaired) electrons. The summed E-state index contributed by atoms with van der Waals surface area (Å²) in [5, 5.41) is 14.6. The van der Waals surface area contributed by atoms with E-state index in [1.807, 2.05) is 34.6 Å². The highest BCUT2D eigenvalue weighted by molar-refractivity contribution is 5.66. The number of hydrogen-bond donors (Lipinski definition) is 2. The molecule has 4 heteroatoms. The Morgan fingerprint density at radius 2 is 1.89 bits per heavy atom. The van der Waals surface area contributed by atoms with Crippen molar-refractivity contribution in [2.75, 3.05) is 7.05 Å². The minimum Gasteiger partial charge on any atom is -0.394 e. The lowest BCUT2D eigenvalue weighted by atomic mass is 9.92. The molecule has 2 N–H and O–H groups in total. The van der Waals surface area contributed by atoms with E-state index in [-0.39, 0.29) is 17.5 Å². The Kier molecular flexibility index (Phi) is 6.88. The van der Waals surface area contributed by atoms with Crippen molar-refractivity contribution in [1.82, 2.24) is 10.4 Å². The molecule has 0 saturated carbocycles. The molecule has 0 aliphatic heterocycles. The van der Waals surface area contributed by atoms with Crippen LogP contribution >= 0.6 is 0 Å². The van der Waals surface area contributed by atoms with Gasteiger partial charge in [-0.25, -0.2) is 0 Å². The third kappa shape index (κ3) is 5.02. The number of carbonyl (C=O) groups excluding carboxylic acids is 1. The van der Waals surface area contributed by atoms with E-state index in [9.17, 15) is 10.0 Å². The van der Waals surface area contributed by atoms with Crippen molar-refractivity contribution in [1.29, 1.82) is 0 Å². The Labute approximate surface area is 110 Å². The van der Waals surface area contributed by atoms with Crippen molar-refractivity contribution >= 4 is 6.29 Å². The van der Waals surface area contributed by atoms with Gasteiger partial charge in [0, 0.05) is 18.8 Å². The summed E-state index contributed by atoms with van der Waals surface area (Å²) >= 11 is 0. The maximum atomic E-state index is 10.5. The molecule has 104 valence electrons. The molecule has 0 aromatic rings. The molecule has 0 spiro atoms. The molecule has 0 fully saturated rings. The third-order valence-electron chi connectivity index (χ3n) is 2.60. The van der Waals surface area contributed by atoms with E-state index in [0.717, 1.165) is 11.9 Å². The molecule has 0 aliphatic carbocycles. The summed E-state index contributed by atoms with van der Waals surface area (Å²) in [6.45, 7) is 9.92. The van der Waals surface area contributed by atoms with Crippen LogP contribution in [0.1, 0.15) is 34.6 Å². The maximum Gasteiger partial charge on any atom is 0.142 e. The number of nitrogens with zero attached hydrogens (tertiary/aromatic N) is 1. The first-order valence-corrected chi connectivity index (χ1v) is 6.23. The lowest BCUT2D eigenvalue weighted by Crippen LogP contribution is -2.49. The second-order valence-corrected chi connectivity index (χ2v) is 5.63. The predicted molar refractivity (Wildman–Crippen MR) is 74.4 cm³/mol. The summed E-state index contributed by atoms with van der Waals surface area (Å²) < 4.78 is 0. The van der Waals surface area contributed by atoms with Gasteiger partial charge >= 0.3 is 0 Å². The second-order valence-electron chi connectivity index (χ2n) is 5.63. The van der Waals surface area contributed by atoms with Gasteiger partial charge in [-0.1, -0.05) is 19.9 Å². The van der Waals surface area contributed by atoms with Gasteiger partial charge in [0.25, 0.3) is 0 Å². The van der Waals surface area contributed by atoms with Gasteiger partial charge in [-0.2, -0.15) is 5.06 Å². The van der Waals surface area contributed by atoms with Crippen LogP contribution in [0.2, 0.25) is 0 Å². The smallest absolute Gasteiger partial charge is 0.142 e. The van der Waals surface area contributed by atoms with Crippen LogP contribution in [0.25, 0.3) is 0 Å². The zero-order valence-electron chi connectivity index (χ0n) is 12.3. The Morgan fingerprint density at radius 1 is 1.33 bits per heavy atom. The largest absolute Gasteiger partial charge is 0.394 e. The van der Waals surface area contributed by atoms with Crippen molar-refractivity contribution in [3.8, 4) is 0 Å². The Hall–Kier alpha value is -1.13. The number of nitrogens with one attached hydrogen (secondary N) is 1. The minimum atomic E-state index is -0.364. The normalized spacial score (nSPS) is 15.5. The number of aldehydes is 1. The molecule has 18 heavy (non-hydrogen) atoms. The van der Waals surface area contributed by atoms with E-state index in [4.69, 9.17) is 0 Å². The molecular formula is C14H26N2O2. The quantitative estimate of drug-likeness (QED) is 0.331. The Balaban J connectivity index is 5.36. The van der Waals surface area contributed by atoms with E-state index >= 15 is 0 Å². The first-order valence-electron chi connectivity index (χ1n) is 6.23. The zero-order chi connectivity index (χ0) is 14.3. The monoisotopic (exact) mass is 254 g/mol. The van der Waals surface area contributed by atoms with Gasteiger partial charge < -0.3 is 10.5 Å². The highest BCUT2D eigenvalue weighted by Crippen LogP contribution is 2.25. The first-order chi connectivity index (χ1) is 8.25. The summed E-state index contributed by atoms with van der Waals surface area (Å²) in [6.07, 6.45) is 5.71. The summed E-state index contributed by atoms with van der Waals surface area (Å²) in [6, 6.07) is -0.173.